The number of aromatic nitrogens is 2. The smallest absolute Gasteiger partial charge is 0.328 e. The summed E-state index contributed by atoms with van der Waals surface area (Å²) in [6, 6.07) is 6.53. The number of hydrogen-bond donors (Lipinski definition) is 2. The Morgan fingerprint density at radius 2 is 1.88 bits per heavy atom. The number of benzene rings is 1. The van der Waals surface area contributed by atoms with Crippen molar-refractivity contribution in [1.29, 1.82) is 0 Å². The van der Waals surface area contributed by atoms with Crippen LogP contribution in [0.3, 0.4) is 0 Å². The molecular formula is C17H21N3O5. The highest BCUT2D eigenvalue weighted by molar-refractivity contribution is 5.79. The molecule has 1 heterocycles. The Kier molecular flexibility index (Phi) is 5.74. The molecule has 0 unspecified atom stereocenters. The van der Waals surface area contributed by atoms with Gasteiger partial charge in [0.25, 0.3) is 5.56 Å². The van der Waals surface area contributed by atoms with E-state index in [1.165, 1.54) is 9.47 Å². The number of aliphatic carboxylic acids is 1. The van der Waals surface area contributed by atoms with Gasteiger partial charge in [-0.3, -0.25) is 23.9 Å². The van der Waals surface area contributed by atoms with Gasteiger partial charge in [-0.2, -0.15) is 0 Å². The summed E-state index contributed by atoms with van der Waals surface area (Å²) in [5.74, 6) is -1.21. The summed E-state index contributed by atoms with van der Waals surface area (Å²) in [6.45, 7) is 3.83. The standard InChI is InChI=1S/C17H21N3O5/c1-11(2)19(10-8-15(22)23)14(21)7-9-20-13-6-4-3-5-12(13)16(24)18-17(20)25/h3-6,11H,7-10H2,1-2H3,(H,22,23)(H,18,24,25). The maximum Gasteiger partial charge on any atom is 0.328 e. The van der Waals surface area contributed by atoms with Crippen LogP contribution in [-0.4, -0.2) is 44.0 Å². The zero-order valence-electron chi connectivity index (χ0n) is 14.2. The van der Waals surface area contributed by atoms with Gasteiger partial charge < -0.3 is 10.0 Å². The Balaban J connectivity index is 2.21. The summed E-state index contributed by atoms with van der Waals surface area (Å²) in [5, 5.41) is 9.17. The van der Waals surface area contributed by atoms with E-state index in [0.717, 1.165) is 0 Å². The molecule has 134 valence electrons. The molecule has 0 saturated carbocycles. The fourth-order valence-electron chi connectivity index (χ4n) is 2.70. The van der Waals surface area contributed by atoms with Gasteiger partial charge >= 0.3 is 11.7 Å². The number of H-pyrrole nitrogens is 1. The molecule has 0 saturated heterocycles. The van der Waals surface area contributed by atoms with Gasteiger partial charge in [-0.15, -0.1) is 0 Å². The van der Waals surface area contributed by atoms with E-state index in [0.29, 0.717) is 10.9 Å². The monoisotopic (exact) mass is 347 g/mol. The number of rotatable bonds is 7. The van der Waals surface area contributed by atoms with Crippen molar-refractivity contribution in [3.05, 3.63) is 45.1 Å². The third-order valence-corrected chi connectivity index (χ3v) is 3.96. The van der Waals surface area contributed by atoms with Gasteiger partial charge in [0.15, 0.2) is 0 Å². The maximum absolute atomic E-state index is 12.4. The SMILES string of the molecule is CC(C)N(CCC(=O)O)C(=O)CCn1c(=O)[nH]c(=O)c2ccccc21. The van der Waals surface area contributed by atoms with Crippen LogP contribution >= 0.6 is 0 Å². The van der Waals surface area contributed by atoms with Gasteiger partial charge in [-0.05, 0) is 26.0 Å². The summed E-state index contributed by atoms with van der Waals surface area (Å²) in [4.78, 5) is 50.8. The molecule has 2 rings (SSSR count). The minimum Gasteiger partial charge on any atom is -0.481 e. The van der Waals surface area contributed by atoms with Crippen LogP contribution in [0.15, 0.2) is 33.9 Å². The number of carboxylic acids is 1. The number of aromatic amines is 1. The van der Waals surface area contributed by atoms with Crippen LogP contribution in [0.25, 0.3) is 10.9 Å². The molecule has 1 aromatic heterocycles. The molecule has 2 aromatic rings. The molecule has 8 heteroatoms. The average Bonchev–Trinajstić information content (AvgIpc) is 2.54. The summed E-state index contributed by atoms with van der Waals surface area (Å²) in [5.41, 5.74) is -0.572. The number of para-hydroxylation sites is 1. The minimum absolute atomic E-state index is 0.0355. The highest BCUT2D eigenvalue weighted by Gasteiger charge is 2.18. The molecule has 0 aliphatic heterocycles. The van der Waals surface area contributed by atoms with Crippen molar-refractivity contribution in [2.24, 2.45) is 0 Å². The molecule has 0 bridgehead atoms. The van der Waals surface area contributed by atoms with Gasteiger partial charge in [0.05, 0.1) is 17.3 Å². The number of nitrogens with one attached hydrogen (secondary N) is 1. The molecule has 0 fully saturated rings. The first kappa shape index (κ1) is 18.4. The fraction of sp³-hybridized carbons (Fsp3) is 0.412. The number of amides is 1. The topological polar surface area (TPSA) is 112 Å². The minimum atomic E-state index is -0.971. The number of carbonyl (C=O) groups excluding carboxylic acids is 1. The number of fused-ring (bicyclic) bond motifs is 1. The first-order valence-corrected chi connectivity index (χ1v) is 8.04. The molecule has 0 aliphatic rings. The predicted molar refractivity (Wildman–Crippen MR) is 92.5 cm³/mol. The third-order valence-electron chi connectivity index (χ3n) is 3.96. The van der Waals surface area contributed by atoms with Crippen molar-refractivity contribution in [2.45, 2.75) is 39.3 Å². The molecule has 2 N–H and O–H groups in total. The molecule has 1 aromatic carbocycles. The average molecular weight is 347 g/mol. The van der Waals surface area contributed by atoms with Gasteiger partial charge in [-0.1, -0.05) is 12.1 Å². The van der Waals surface area contributed by atoms with E-state index in [1.54, 1.807) is 38.1 Å². The highest BCUT2D eigenvalue weighted by atomic mass is 16.4. The second kappa shape index (κ2) is 7.78. The number of nitrogens with zero attached hydrogens (tertiary/aromatic N) is 2. The lowest BCUT2D eigenvalue weighted by Crippen LogP contribution is -2.39. The lowest BCUT2D eigenvalue weighted by atomic mass is 10.2. The molecule has 0 radical (unpaired) electrons. The summed E-state index contributed by atoms with van der Waals surface area (Å²) in [7, 11) is 0. The molecular weight excluding hydrogens is 326 g/mol. The van der Waals surface area contributed by atoms with Crippen molar-refractivity contribution < 1.29 is 14.7 Å². The second-order valence-electron chi connectivity index (χ2n) is 6.00. The summed E-state index contributed by atoms with van der Waals surface area (Å²) in [6.07, 6.45) is -0.0980. The largest absolute Gasteiger partial charge is 0.481 e. The number of hydrogen-bond acceptors (Lipinski definition) is 4. The number of aryl methyl sites for hydroxylation is 1. The van der Waals surface area contributed by atoms with Crippen molar-refractivity contribution in [3.63, 3.8) is 0 Å². The van der Waals surface area contributed by atoms with Gasteiger partial charge in [0.2, 0.25) is 5.91 Å². The Hall–Kier alpha value is -2.90. The van der Waals surface area contributed by atoms with Crippen molar-refractivity contribution in [3.8, 4) is 0 Å². The van der Waals surface area contributed by atoms with Crippen molar-refractivity contribution >= 4 is 22.8 Å². The molecule has 8 nitrogen and oxygen atoms in total. The van der Waals surface area contributed by atoms with Crippen LogP contribution in [-0.2, 0) is 16.1 Å². The fourth-order valence-corrected chi connectivity index (χ4v) is 2.70. The van der Waals surface area contributed by atoms with E-state index in [9.17, 15) is 19.2 Å². The van der Waals surface area contributed by atoms with Gasteiger partial charge in [0, 0.05) is 25.6 Å². The second-order valence-corrected chi connectivity index (χ2v) is 6.00. The molecule has 1 amide bonds. The van der Waals surface area contributed by atoms with E-state index >= 15 is 0 Å². The van der Waals surface area contributed by atoms with E-state index in [2.05, 4.69) is 4.98 Å². The van der Waals surface area contributed by atoms with Crippen LogP contribution in [0.5, 0.6) is 0 Å². The van der Waals surface area contributed by atoms with Crippen LogP contribution in [0.1, 0.15) is 26.7 Å². The van der Waals surface area contributed by atoms with Crippen molar-refractivity contribution in [1.82, 2.24) is 14.5 Å². The summed E-state index contributed by atoms with van der Waals surface area (Å²) >= 11 is 0. The van der Waals surface area contributed by atoms with Gasteiger partial charge in [0.1, 0.15) is 0 Å². The Bertz CT molecular complexity index is 897. The quantitative estimate of drug-likeness (QED) is 0.769. The Morgan fingerprint density at radius 1 is 1.20 bits per heavy atom. The van der Waals surface area contributed by atoms with Gasteiger partial charge in [-0.25, -0.2) is 4.79 Å². The Morgan fingerprint density at radius 3 is 2.52 bits per heavy atom. The highest BCUT2D eigenvalue weighted by Crippen LogP contribution is 2.09. The Labute approximate surface area is 143 Å². The molecule has 0 aliphatic carbocycles. The van der Waals surface area contributed by atoms with E-state index < -0.39 is 17.2 Å². The van der Waals surface area contributed by atoms with Crippen LogP contribution in [0.2, 0.25) is 0 Å². The molecule has 0 spiro atoms. The predicted octanol–water partition coefficient (Wildman–Crippen LogP) is 0.792. The van der Waals surface area contributed by atoms with E-state index in [4.69, 9.17) is 5.11 Å². The normalized spacial score (nSPS) is 11.0. The van der Waals surface area contributed by atoms with Crippen LogP contribution < -0.4 is 11.2 Å². The molecule has 0 atom stereocenters. The number of carbonyl (C=O) groups is 2. The third kappa shape index (κ3) is 4.34. The first-order chi connectivity index (χ1) is 11.8. The summed E-state index contributed by atoms with van der Waals surface area (Å²) < 4.78 is 1.35. The lowest BCUT2D eigenvalue weighted by molar-refractivity contribution is -0.139. The van der Waals surface area contributed by atoms with Crippen molar-refractivity contribution in [2.75, 3.05) is 6.54 Å². The zero-order valence-corrected chi connectivity index (χ0v) is 14.2. The first-order valence-electron chi connectivity index (χ1n) is 8.04. The zero-order chi connectivity index (χ0) is 18.6. The molecule has 25 heavy (non-hydrogen) atoms. The lowest BCUT2D eigenvalue weighted by Gasteiger charge is -2.26. The van der Waals surface area contributed by atoms with E-state index in [-0.39, 0.29) is 37.9 Å². The van der Waals surface area contributed by atoms with E-state index in [1.807, 2.05) is 0 Å². The maximum atomic E-state index is 12.4. The van der Waals surface area contributed by atoms with Crippen LogP contribution in [0, 0.1) is 0 Å². The van der Waals surface area contributed by atoms with Crippen LogP contribution in [0.4, 0.5) is 0 Å². The number of carboxylic acid groups (broad SMARTS) is 1.